The first-order valence-electron chi connectivity index (χ1n) is 7.20. The summed E-state index contributed by atoms with van der Waals surface area (Å²) < 4.78 is 0. The van der Waals surface area contributed by atoms with Crippen LogP contribution in [0.2, 0.25) is 25.2 Å². The zero-order valence-electron chi connectivity index (χ0n) is 12.3. The molecule has 0 aromatic heterocycles. The molecular weight excluding hydrogens is 292 g/mol. The number of fused-ring (bicyclic) bond motifs is 1. The summed E-state index contributed by atoms with van der Waals surface area (Å²) in [5, 5.41) is 15.7. The van der Waals surface area contributed by atoms with Crippen LogP contribution >= 0.6 is 11.8 Å². The summed E-state index contributed by atoms with van der Waals surface area (Å²) in [7, 11) is -1.65. The average Bonchev–Trinajstić information content (AvgIpc) is 2.82. The van der Waals surface area contributed by atoms with Gasteiger partial charge in [-0.1, -0.05) is 26.1 Å². The molecule has 2 aliphatic rings. The molecule has 4 atom stereocenters. The van der Waals surface area contributed by atoms with Gasteiger partial charge in [0.2, 0.25) is 0 Å². The van der Waals surface area contributed by atoms with Crippen LogP contribution in [0.3, 0.4) is 0 Å². The molecule has 5 nitrogen and oxygen atoms in total. The number of urea groups is 1. The number of carboxylic acids is 1. The number of hydrogen-bond acceptors (Lipinski definition) is 3. The van der Waals surface area contributed by atoms with Gasteiger partial charge in [-0.3, -0.25) is 4.79 Å². The van der Waals surface area contributed by atoms with E-state index < -0.39 is 14.0 Å². The van der Waals surface area contributed by atoms with Gasteiger partial charge >= 0.3 is 12.0 Å². The molecule has 7 heteroatoms. The minimum atomic E-state index is -1.65. The molecule has 2 heterocycles. The lowest BCUT2D eigenvalue weighted by Gasteiger charge is -2.25. The Kier molecular flexibility index (Phi) is 4.68. The number of nitrogens with one attached hydrogen (secondary N) is 2. The van der Waals surface area contributed by atoms with Gasteiger partial charge in [0.15, 0.2) is 0 Å². The highest BCUT2D eigenvalue weighted by molar-refractivity contribution is 8.00. The molecule has 0 radical (unpaired) electrons. The number of amides is 2. The van der Waals surface area contributed by atoms with E-state index in [1.165, 1.54) is 0 Å². The summed E-state index contributed by atoms with van der Waals surface area (Å²) in [6.45, 7) is 6.35. The van der Waals surface area contributed by atoms with Crippen LogP contribution in [-0.2, 0) is 4.79 Å². The van der Waals surface area contributed by atoms with Gasteiger partial charge in [0.25, 0.3) is 0 Å². The van der Waals surface area contributed by atoms with Crippen molar-refractivity contribution < 1.29 is 14.7 Å². The first-order chi connectivity index (χ1) is 9.29. The van der Waals surface area contributed by atoms with Crippen LogP contribution in [0.5, 0.6) is 0 Å². The standard InChI is InChI=1S/C13H24N2O3SSi/c1-20(2,3)10(12(16)17)6-4-5-9-11-8(7-19-9)14-13(18)15-11/h8-11H,4-7H2,1-3H3,(H,16,17)(H2,14,15,18)/t8-,9-,10?,11-/m0/s1. The fraction of sp³-hybridized carbons (Fsp3) is 0.846. The van der Waals surface area contributed by atoms with E-state index in [2.05, 4.69) is 30.3 Å². The summed E-state index contributed by atoms with van der Waals surface area (Å²) in [6, 6.07) is 0.420. The second-order valence-corrected chi connectivity index (χ2v) is 13.5. The van der Waals surface area contributed by atoms with Crippen LogP contribution < -0.4 is 10.6 Å². The molecule has 0 saturated carbocycles. The predicted octanol–water partition coefficient (Wildman–Crippen LogP) is 2.12. The van der Waals surface area contributed by atoms with Gasteiger partial charge in [0.05, 0.1) is 25.7 Å². The molecule has 0 aliphatic carbocycles. The number of aliphatic carboxylic acids is 1. The largest absolute Gasteiger partial charge is 0.481 e. The van der Waals surface area contributed by atoms with Crippen molar-refractivity contribution in [2.24, 2.45) is 0 Å². The van der Waals surface area contributed by atoms with Crippen LogP contribution in [0.1, 0.15) is 19.3 Å². The normalized spacial score (nSPS) is 30.6. The molecule has 2 aliphatic heterocycles. The molecule has 1 unspecified atom stereocenters. The monoisotopic (exact) mass is 316 g/mol. The van der Waals surface area contributed by atoms with Crippen molar-refractivity contribution >= 4 is 31.8 Å². The Balaban J connectivity index is 1.81. The number of hydrogen-bond donors (Lipinski definition) is 3. The zero-order chi connectivity index (χ0) is 14.9. The second kappa shape index (κ2) is 5.97. The van der Waals surface area contributed by atoms with Crippen LogP contribution in [0.4, 0.5) is 4.79 Å². The van der Waals surface area contributed by atoms with Crippen LogP contribution in [0, 0.1) is 0 Å². The quantitative estimate of drug-likeness (QED) is 0.518. The lowest BCUT2D eigenvalue weighted by molar-refractivity contribution is -0.137. The third-order valence-corrected chi connectivity index (χ3v) is 8.40. The van der Waals surface area contributed by atoms with Gasteiger partial charge in [-0.15, -0.1) is 0 Å². The molecule has 2 saturated heterocycles. The van der Waals surface area contributed by atoms with E-state index in [-0.39, 0.29) is 23.7 Å². The molecule has 2 amide bonds. The van der Waals surface area contributed by atoms with E-state index in [0.29, 0.717) is 5.25 Å². The van der Waals surface area contributed by atoms with E-state index in [1.807, 2.05) is 11.8 Å². The van der Waals surface area contributed by atoms with Gasteiger partial charge in [0, 0.05) is 11.0 Å². The third-order valence-electron chi connectivity index (χ3n) is 4.26. The van der Waals surface area contributed by atoms with Crippen molar-refractivity contribution in [3.8, 4) is 0 Å². The van der Waals surface area contributed by atoms with E-state index >= 15 is 0 Å². The molecule has 20 heavy (non-hydrogen) atoms. The molecule has 0 aromatic carbocycles. The van der Waals surface area contributed by atoms with Gasteiger partial charge in [-0.2, -0.15) is 11.8 Å². The SMILES string of the molecule is C[Si](C)(C)C(CCC[C@@H]1SC[C@@H]2NC(=O)N[C@@H]21)C(=O)O. The summed E-state index contributed by atoms with van der Waals surface area (Å²) in [5.74, 6) is 0.321. The van der Waals surface area contributed by atoms with Crippen molar-refractivity contribution in [3.63, 3.8) is 0 Å². The number of thioether (sulfide) groups is 1. The van der Waals surface area contributed by atoms with Gasteiger partial charge in [-0.05, 0) is 12.8 Å². The van der Waals surface area contributed by atoms with Crippen molar-refractivity contribution in [1.82, 2.24) is 10.6 Å². The smallest absolute Gasteiger partial charge is 0.315 e. The van der Waals surface area contributed by atoms with Crippen LogP contribution in [0.15, 0.2) is 0 Å². The Bertz CT molecular complexity index is 400. The summed E-state index contributed by atoms with van der Waals surface area (Å²) in [5.41, 5.74) is -0.166. The van der Waals surface area contributed by atoms with Gasteiger partial charge in [-0.25, -0.2) is 4.79 Å². The summed E-state index contributed by atoms with van der Waals surface area (Å²) in [6.07, 6.45) is 2.68. The predicted molar refractivity (Wildman–Crippen MR) is 84.1 cm³/mol. The summed E-state index contributed by atoms with van der Waals surface area (Å²) >= 11 is 1.89. The number of carbonyl (C=O) groups excluding carboxylic acids is 1. The zero-order valence-corrected chi connectivity index (χ0v) is 14.1. The van der Waals surface area contributed by atoms with Gasteiger partial charge < -0.3 is 15.7 Å². The van der Waals surface area contributed by atoms with Crippen LogP contribution in [0.25, 0.3) is 0 Å². The molecule has 2 rings (SSSR count). The topological polar surface area (TPSA) is 78.4 Å². The molecular formula is C13H24N2O3SSi. The number of rotatable bonds is 6. The highest BCUT2D eigenvalue weighted by atomic mass is 32.2. The fourth-order valence-corrected chi connectivity index (χ4v) is 6.45. The highest BCUT2D eigenvalue weighted by Crippen LogP contribution is 2.35. The average molecular weight is 316 g/mol. The van der Waals surface area contributed by atoms with Crippen molar-refractivity contribution in [1.29, 1.82) is 0 Å². The lowest BCUT2D eigenvalue weighted by atomic mass is 10.0. The van der Waals surface area contributed by atoms with Gasteiger partial charge in [0.1, 0.15) is 0 Å². The first-order valence-corrected chi connectivity index (χ1v) is 11.8. The van der Waals surface area contributed by atoms with E-state index in [0.717, 1.165) is 25.0 Å². The molecule has 3 N–H and O–H groups in total. The van der Waals surface area contributed by atoms with E-state index in [9.17, 15) is 14.7 Å². The number of carbonyl (C=O) groups is 2. The molecule has 0 aromatic rings. The highest BCUT2D eigenvalue weighted by Gasteiger charge is 2.43. The van der Waals surface area contributed by atoms with Crippen LogP contribution in [-0.4, -0.2) is 48.3 Å². The van der Waals surface area contributed by atoms with E-state index in [1.54, 1.807) is 0 Å². The van der Waals surface area contributed by atoms with Crippen molar-refractivity contribution in [3.05, 3.63) is 0 Å². The Labute approximate surface area is 125 Å². The maximum absolute atomic E-state index is 11.4. The molecule has 0 bridgehead atoms. The molecule has 114 valence electrons. The fourth-order valence-electron chi connectivity index (χ4n) is 3.09. The maximum Gasteiger partial charge on any atom is 0.315 e. The first kappa shape index (κ1) is 15.7. The second-order valence-electron chi connectivity index (χ2n) is 6.81. The Morgan fingerprint density at radius 1 is 1.45 bits per heavy atom. The minimum Gasteiger partial charge on any atom is -0.481 e. The van der Waals surface area contributed by atoms with Crippen molar-refractivity contribution in [2.75, 3.05) is 5.75 Å². The Morgan fingerprint density at radius 3 is 2.75 bits per heavy atom. The Morgan fingerprint density at radius 2 is 2.15 bits per heavy atom. The van der Waals surface area contributed by atoms with Crippen molar-refractivity contribution in [2.45, 2.75) is 61.8 Å². The number of carboxylic acid groups (broad SMARTS) is 1. The minimum absolute atomic E-state index is 0.0594. The molecule has 0 spiro atoms. The Hall–Kier alpha value is -0.693. The lowest BCUT2D eigenvalue weighted by Crippen LogP contribution is -2.37. The van der Waals surface area contributed by atoms with E-state index in [4.69, 9.17) is 0 Å². The third kappa shape index (κ3) is 3.49. The maximum atomic E-state index is 11.4. The molecule has 2 fully saturated rings. The summed E-state index contributed by atoms with van der Waals surface area (Å²) in [4.78, 5) is 22.7.